The van der Waals surface area contributed by atoms with Gasteiger partial charge in [0.2, 0.25) is 0 Å². The highest BCUT2D eigenvalue weighted by Gasteiger charge is 2.28. The second-order valence-corrected chi connectivity index (χ2v) is 8.14. The first-order valence-corrected chi connectivity index (χ1v) is 8.71. The smallest absolute Gasteiger partial charge is 0.131 e. The molecule has 0 saturated heterocycles. The maximum Gasteiger partial charge on any atom is 0.131 e. The summed E-state index contributed by atoms with van der Waals surface area (Å²) in [6.07, 6.45) is 3.37. The number of hydrogen-bond acceptors (Lipinski definition) is 1. The van der Waals surface area contributed by atoms with Crippen LogP contribution in [0.1, 0.15) is 55.5 Å². The summed E-state index contributed by atoms with van der Waals surface area (Å²) in [4.78, 5) is 0. The van der Waals surface area contributed by atoms with Gasteiger partial charge in [0.15, 0.2) is 0 Å². The molecule has 0 fully saturated rings. The van der Waals surface area contributed by atoms with Crippen LogP contribution in [0.2, 0.25) is 0 Å². The van der Waals surface area contributed by atoms with Crippen LogP contribution in [-0.4, -0.2) is 7.11 Å². The van der Waals surface area contributed by atoms with Crippen molar-refractivity contribution in [3.05, 3.63) is 57.7 Å². The van der Waals surface area contributed by atoms with Gasteiger partial charge < -0.3 is 4.74 Å². The van der Waals surface area contributed by atoms with Crippen LogP contribution in [0.15, 0.2) is 29.8 Å². The average Bonchev–Trinajstić information content (AvgIpc) is 2.85. The molecule has 1 nitrogen and oxygen atoms in total. The fraction of sp³-hybridized carbons (Fsp3) is 0.391. The Morgan fingerprint density at radius 2 is 1.71 bits per heavy atom. The molecule has 3 rings (SSSR count). The van der Waals surface area contributed by atoms with Crippen molar-refractivity contribution in [2.45, 2.75) is 53.4 Å². The van der Waals surface area contributed by atoms with Crippen molar-refractivity contribution in [2.24, 2.45) is 0 Å². The number of allylic oxidation sites excluding steroid dienone is 1. The van der Waals surface area contributed by atoms with E-state index in [9.17, 15) is 0 Å². The van der Waals surface area contributed by atoms with E-state index in [-0.39, 0.29) is 5.41 Å². The lowest BCUT2D eigenvalue weighted by Gasteiger charge is -2.27. The highest BCUT2D eigenvalue weighted by Crippen LogP contribution is 2.47. The van der Waals surface area contributed by atoms with Gasteiger partial charge in [0.05, 0.1) is 7.11 Å². The van der Waals surface area contributed by atoms with Crippen LogP contribution in [0.4, 0.5) is 0 Å². The van der Waals surface area contributed by atoms with Crippen LogP contribution >= 0.6 is 0 Å². The van der Waals surface area contributed by atoms with Crippen LogP contribution in [0.25, 0.3) is 17.2 Å². The number of rotatable bonds is 2. The molecular weight excluding hydrogens is 292 g/mol. The molecule has 0 saturated carbocycles. The van der Waals surface area contributed by atoms with Gasteiger partial charge in [0, 0.05) is 11.1 Å². The molecule has 0 spiro atoms. The minimum atomic E-state index is 0.0459. The number of fused-ring (bicyclic) bond motifs is 1. The third-order valence-electron chi connectivity index (χ3n) is 4.93. The lowest BCUT2D eigenvalue weighted by molar-refractivity contribution is 0.399. The molecule has 1 heteroatoms. The van der Waals surface area contributed by atoms with Crippen molar-refractivity contribution in [3.63, 3.8) is 0 Å². The van der Waals surface area contributed by atoms with E-state index in [1.165, 1.54) is 44.5 Å². The molecule has 0 heterocycles. The zero-order valence-corrected chi connectivity index (χ0v) is 16.0. The van der Waals surface area contributed by atoms with Gasteiger partial charge in [-0.2, -0.15) is 0 Å². The molecule has 0 amide bonds. The SMILES string of the molecule is COc1c(C(C)(C)C)cc2c(c1-c1ccc(C)cc1C)C=C(C)C2. The predicted octanol–water partition coefficient (Wildman–Crippen LogP) is 6.24. The third kappa shape index (κ3) is 2.77. The Morgan fingerprint density at radius 3 is 2.29 bits per heavy atom. The molecule has 0 bridgehead atoms. The quantitative estimate of drug-likeness (QED) is 0.636. The summed E-state index contributed by atoms with van der Waals surface area (Å²) in [6, 6.07) is 9.06. The summed E-state index contributed by atoms with van der Waals surface area (Å²) < 4.78 is 5.97. The first kappa shape index (κ1) is 16.8. The summed E-state index contributed by atoms with van der Waals surface area (Å²) >= 11 is 0. The number of aryl methyl sites for hydroxylation is 2. The second-order valence-electron chi connectivity index (χ2n) is 8.14. The first-order chi connectivity index (χ1) is 11.2. The summed E-state index contributed by atoms with van der Waals surface area (Å²) in [5.74, 6) is 1.03. The molecule has 24 heavy (non-hydrogen) atoms. The van der Waals surface area contributed by atoms with E-state index in [0.717, 1.165) is 12.2 Å². The van der Waals surface area contributed by atoms with Crippen molar-refractivity contribution >= 4 is 6.08 Å². The van der Waals surface area contributed by atoms with Gasteiger partial charge in [0.1, 0.15) is 5.75 Å². The van der Waals surface area contributed by atoms with Crippen LogP contribution in [0, 0.1) is 13.8 Å². The molecule has 2 aromatic carbocycles. The maximum atomic E-state index is 5.97. The van der Waals surface area contributed by atoms with Crippen molar-refractivity contribution in [2.75, 3.05) is 7.11 Å². The third-order valence-corrected chi connectivity index (χ3v) is 4.93. The van der Waals surface area contributed by atoms with E-state index in [2.05, 4.69) is 71.9 Å². The molecule has 0 radical (unpaired) electrons. The number of hydrogen-bond donors (Lipinski definition) is 0. The summed E-state index contributed by atoms with van der Waals surface area (Å²) in [5, 5.41) is 0. The van der Waals surface area contributed by atoms with E-state index < -0.39 is 0 Å². The van der Waals surface area contributed by atoms with Gasteiger partial charge in [-0.3, -0.25) is 0 Å². The van der Waals surface area contributed by atoms with Crippen molar-refractivity contribution in [1.29, 1.82) is 0 Å². The molecule has 0 N–H and O–H groups in total. The summed E-state index contributed by atoms with van der Waals surface area (Å²) in [7, 11) is 1.80. The molecule has 0 aliphatic heterocycles. The molecule has 126 valence electrons. The Kier molecular flexibility index (Phi) is 4.07. The van der Waals surface area contributed by atoms with Gasteiger partial charge in [0.25, 0.3) is 0 Å². The van der Waals surface area contributed by atoms with Gasteiger partial charge in [-0.1, -0.05) is 62.2 Å². The predicted molar refractivity (Wildman–Crippen MR) is 104 cm³/mol. The van der Waals surface area contributed by atoms with Gasteiger partial charge in [-0.25, -0.2) is 0 Å². The fourth-order valence-electron chi connectivity index (χ4n) is 3.77. The van der Waals surface area contributed by atoms with Gasteiger partial charge in [-0.05, 0) is 54.9 Å². The second kappa shape index (κ2) is 5.81. The zero-order chi connectivity index (χ0) is 17.6. The highest BCUT2D eigenvalue weighted by molar-refractivity contribution is 5.87. The van der Waals surface area contributed by atoms with Gasteiger partial charge in [-0.15, -0.1) is 0 Å². The fourth-order valence-corrected chi connectivity index (χ4v) is 3.77. The topological polar surface area (TPSA) is 9.23 Å². The Morgan fingerprint density at radius 1 is 1.00 bits per heavy atom. The van der Waals surface area contributed by atoms with Crippen molar-refractivity contribution < 1.29 is 4.74 Å². The standard InChI is InChI=1S/C23H28O/c1-14-8-9-18(16(3)10-14)21-19-12-15(2)11-17(19)13-20(22(21)24-7)23(4,5)6/h8-10,12-13H,11H2,1-7H3. The number of benzene rings is 2. The van der Waals surface area contributed by atoms with Crippen molar-refractivity contribution in [3.8, 4) is 16.9 Å². The van der Waals surface area contributed by atoms with E-state index in [1.54, 1.807) is 7.11 Å². The minimum Gasteiger partial charge on any atom is -0.496 e. The Balaban J connectivity index is 2.40. The van der Waals surface area contributed by atoms with E-state index in [1.807, 2.05) is 0 Å². The monoisotopic (exact) mass is 320 g/mol. The lowest BCUT2D eigenvalue weighted by atomic mass is 9.80. The summed E-state index contributed by atoms with van der Waals surface area (Å²) in [5.41, 5.74) is 10.7. The van der Waals surface area contributed by atoms with E-state index in [4.69, 9.17) is 4.74 Å². The molecule has 0 atom stereocenters. The largest absolute Gasteiger partial charge is 0.496 e. The first-order valence-electron chi connectivity index (χ1n) is 8.71. The Hall–Kier alpha value is -2.02. The van der Waals surface area contributed by atoms with Crippen molar-refractivity contribution in [1.82, 2.24) is 0 Å². The normalized spacial score (nSPS) is 13.7. The Labute approximate surface area is 146 Å². The van der Waals surface area contributed by atoms with Crippen LogP contribution in [0.3, 0.4) is 0 Å². The molecule has 0 aromatic heterocycles. The molecule has 2 aromatic rings. The maximum absolute atomic E-state index is 5.97. The number of ether oxygens (including phenoxy) is 1. The lowest BCUT2D eigenvalue weighted by Crippen LogP contribution is -2.15. The van der Waals surface area contributed by atoms with E-state index >= 15 is 0 Å². The van der Waals surface area contributed by atoms with E-state index in [0.29, 0.717) is 0 Å². The molecular formula is C23H28O. The van der Waals surface area contributed by atoms with Crippen LogP contribution in [-0.2, 0) is 11.8 Å². The Bertz CT molecular complexity index is 832. The average molecular weight is 320 g/mol. The molecule has 1 aliphatic rings. The molecule has 0 unspecified atom stereocenters. The van der Waals surface area contributed by atoms with Gasteiger partial charge >= 0.3 is 0 Å². The van der Waals surface area contributed by atoms with Crippen LogP contribution < -0.4 is 4.74 Å². The van der Waals surface area contributed by atoms with Crippen LogP contribution in [0.5, 0.6) is 5.75 Å². The highest BCUT2D eigenvalue weighted by atomic mass is 16.5. The number of methoxy groups -OCH3 is 1. The summed E-state index contributed by atoms with van der Waals surface area (Å²) in [6.45, 7) is 13.3. The minimum absolute atomic E-state index is 0.0459. The zero-order valence-electron chi connectivity index (χ0n) is 16.0. The molecule has 1 aliphatic carbocycles.